The van der Waals surface area contributed by atoms with E-state index in [4.69, 9.17) is 28.4 Å². The molecule has 0 saturated carbocycles. The van der Waals surface area contributed by atoms with Gasteiger partial charge in [-0.15, -0.1) is 0 Å². The summed E-state index contributed by atoms with van der Waals surface area (Å²) in [6, 6.07) is -2.17. The summed E-state index contributed by atoms with van der Waals surface area (Å²) in [4.78, 5) is 71.7. The number of hydrogen-bond donors (Lipinski definition) is 2. The molecule has 1 fully saturated rings. The zero-order chi connectivity index (χ0) is 29.9. The molecule has 1 saturated heterocycles. The molecule has 1 heterocycles. The first-order valence-corrected chi connectivity index (χ1v) is 12.2. The largest absolute Gasteiger partial charge is 0.467 e. The zero-order valence-corrected chi connectivity index (χ0v) is 23.4. The van der Waals surface area contributed by atoms with Crippen LogP contribution in [0.15, 0.2) is 12.2 Å². The van der Waals surface area contributed by atoms with E-state index in [1.54, 1.807) is 20.8 Å². The Bertz CT molecular complexity index is 942. The summed E-state index contributed by atoms with van der Waals surface area (Å²) in [5, 5.41) is 5.06. The molecule has 0 bridgehead atoms. The van der Waals surface area contributed by atoms with Gasteiger partial charge in [-0.05, 0) is 27.2 Å². The number of rotatable bonds is 10. The van der Waals surface area contributed by atoms with Gasteiger partial charge in [0.15, 0.2) is 12.2 Å². The minimum Gasteiger partial charge on any atom is -0.467 e. The molecule has 0 aromatic heterocycles. The normalized spacial score (nSPS) is 23.6. The van der Waals surface area contributed by atoms with Gasteiger partial charge >= 0.3 is 30.0 Å². The van der Waals surface area contributed by atoms with E-state index in [2.05, 4.69) is 10.6 Å². The van der Waals surface area contributed by atoms with E-state index in [9.17, 15) is 28.8 Å². The number of amides is 2. The number of alkyl carbamates (subject to hydrolysis) is 1. The molecule has 0 aromatic rings. The van der Waals surface area contributed by atoms with E-state index in [0.29, 0.717) is 0 Å². The van der Waals surface area contributed by atoms with Crippen molar-refractivity contribution < 1.29 is 57.2 Å². The van der Waals surface area contributed by atoms with Crippen LogP contribution in [0.5, 0.6) is 0 Å². The number of hydrogen-bond acceptors (Lipinski definition) is 12. The van der Waals surface area contributed by atoms with Crippen LogP contribution in [0.3, 0.4) is 0 Å². The molecule has 0 spiro atoms. The van der Waals surface area contributed by atoms with Gasteiger partial charge in [0.1, 0.15) is 30.5 Å². The Morgan fingerprint density at radius 2 is 1.51 bits per heavy atom. The Kier molecular flexibility index (Phi) is 12.9. The predicted molar refractivity (Wildman–Crippen MR) is 133 cm³/mol. The number of nitrogens with one attached hydrogen (secondary N) is 2. The number of carbonyl (C=O) groups is 6. The second-order valence-corrected chi connectivity index (χ2v) is 9.70. The molecule has 0 aliphatic carbocycles. The average molecular weight is 559 g/mol. The summed E-state index contributed by atoms with van der Waals surface area (Å²) in [5.41, 5.74) is -0.802. The lowest BCUT2D eigenvalue weighted by Gasteiger charge is -2.44. The molecule has 39 heavy (non-hydrogen) atoms. The van der Waals surface area contributed by atoms with Crippen LogP contribution in [0.2, 0.25) is 0 Å². The van der Waals surface area contributed by atoms with Gasteiger partial charge in [0.2, 0.25) is 5.91 Å². The Morgan fingerprint density at radius 3 is 2.00 bits per heavy atom. The van der Waals surface area contributed by atoms with Crippen molar-refractivity contribution >= 4 is 35.9 Å². The molecule has 14 heteroatoms. The van der Waals surface area contributed by atoms with Crippen molar-refractivity contribution in [3.05, 3.63) is 12.2 Å². The van der Waals surface area contributed by atoms with Crippen molar-refractivity contribution in [3.8, 4) is 0 Å². The van der Waals surface area contributed by atoms with Crippen molar-refractivity contribution in [2.24, 2.45) is 0 Å². The molecule has 2 N–H and O–H groups in total. The highest BCUT2D eigenvalue weighted by atomic mass is 16.6. The second kappa shape index (κ2) is 15.0. The molecule has 220 valence electrons. The standard InChI is InChI=1S/C25H38N2O12/c1-13(28)26-20-18(11-9-10-17(23(32)34-8)27-24(33)39-25(5,6)7)38-19(12-35-14(2)29)21(36-15(3)30)22(20)37-16(4)31/h9,11,17-22H,10,12H2,1-8H3,(H,26,28)(H,27,33)/b11-9+/t17-,18+,19+,20-,21+,22+/m0/s1. The van der Waals surface area contributed by atoms with E-state index in [-0.39, 0.29) is 13.0 Å². The minimum absolute atomic E-state index is 0.0706. The molecule has 0 radical (unpaired) electrons. The third-order valence-electron chi connectivity index (χ3n) is 5.03. The van der Waals surface area contributed by atoms with Gasteiger partial charge in [-0.2, -0.15) is 0 Å². The first kappa shape index (κ1) is 33.3. The van der Waals surface area contributed by atoms with Gasteiger partial charge in [-0.25, -0.2) is 9.59 Å². The summed E-state index contributed by atoms with van der Waals surface area (Å²) in [7, 11) is 1.16. The van der Waals surface area contributed by atoms with Gasteiger partial charge in [0.25, 0.3) is 0 Å². The van der Waals surface area contributed by atoms with Gasteiger partial charge < -0.3 is 39.1 Å². The summed E-state index contributed by atoms with van der Waals surface area (Å²) in [5.74, 6) is -3.32. The first-order chi connectivity index (χ1) is 18.0. The lowest BCUT2D eigenvalue weighted by atomic mass is 9.91. The molecule has 0 aromatic carbocycles. The van der Waals surface area contributed by atoms with E-state index in [1.165, 1.54) is 26.0 Å². The molecular weight excluding hydrogens is 520 g/mol. The van der Waals surface area contributed by atoms with Crippen LogP contribution < -0.4 is 10.6 Å². The van der Waals surface area contributed by atoms with E-state index in [1.807, 2.05) is 0 Å². The average Bonchev–Trinajstić information content (AvgIpc) is 2.78. The summed E-state index contributed by atoms with van der Waals surface area (Å²) < 4.78 is 31.8. The van der Waals surface area contributed by atoms with Crippen LogP contribution in [-0.4, -0.2) is 91.7 Å². The lowest BCUT2D eigenvalue weighted by Crippen LogP contribution is -2.65. The molecule has 0 unspecified atom stereocenters. The summed E-state index contributed by atoms with van der Waals surface area (Å²) in [6.45, 7) is 9.32. The van der Waals surface area contributed by atoms with Crippen molar-refractivity contribution in [1.29, 1.82) is 0 Å². The predicted octanol–water partition coefficient (Wildman–Crippen LogP) is 0.698. The van der Waals surface area contributed by atoms with Gasteiger partial charge in [-0.3, -0.25) is 19.2 Å². The highest BCUT2D eigenvalue weighted by Crippen LogP contribution is 2.28. The quantitative estimate of drug-likeness (QED) is 0.218. The minimum atomic E-state index is -1.23. The topological polar surface area (TPSA) is 182 Å². The SMILES string of the molecule is COC(=O)[C@H](C/C=C/[C@H]1O[C@H](COC(C)=O)[C@@H](OC(C)=O)[C@H](OC(C)=O)[C@H]1NC(C)=O)NC(=O)OC(C)(C)C. The van der Waals surface area contributed by atoms with Crippen LogP contribution in [0.1, 0.15) is 54.9 Å². The van der Waals surface area contributed by atoms with Gasteiger partial charge in [0, 0.05) is 27.7 Å². The Balaban J connectivity index is 3.32. The smallest absolute Gasteiger partial charge is 0.408 e. The highest BCUT2D eigenvalue weighted by Gasteiger charge is 2.50. The maximum absolute atomic E-state index is 12.3. The van der Waals surface area contributed by atoms with Gasteiger partial charge in [-0.1, -0.05) is 12.2 Å². The van der Waals surface area contributed by atoms with Crippen LogP contribution in [0.4, 0.5) is 4.79 Å². The van der Waals surface area contributed by atoms with Crippen molar-refractivity contribution in [3.63, 3.8) is 0 Å². The van der Waals surface area contributed by atoms with E-state index in [0.717, 1.165) is 21.0 Å². The first-order valence-electron chi connectivity index (χ1n) is 12.2. The number of ether oxygens (including phenoxy) is 6. The fraction of sp³-hybridized carbons (Fsp3) is 0.680. The van der Waals surface area contributed by atoms with Crippen LogP contribution in [0, 0.1) is 0 Å². The maximum Gasteiger partial charge on any atom is 0.408 e. The monoisotopic (exact) mass is 558 g/mol. The lowest BCUT2D eigenvalue weighted by molar-refractivity contribution is -0.217. The molecule has 1 aliphatic rings. The molecule has 2 amide bonds. The van der Waals surface area contributed by atoms with Crippen molar-refractivity contribution in [2.75, 3.05) is 13.7 Å². The number of methoxy groups -OCH3 is 1. The Morgan fingerprint density at radius 1 is 0.923 bits per heavy atom. The second-order valence-electron chi connectivity index (χ2n) is 9.70. The molecular formula is C25H38N2O12. The molecule has 6 atom stereocenters. The summed E-state index contributed by atoms with van der Waals surface area (Å²) >= 11 is 0. The fourth-order valence-corrected chi connectivity index (χ4v) is 3.69. The van der Waals surface area contributed by atoms with Crippen LogP contribution in [-0.2, 0) is 52.4 Å². The highest BCUT2D eigenvalue weighted by molar-refractivity contribution is 5.81. The summed E-state index contributed by atoms with van der Waals surface area (Å²) in [6.07, 6.45) is -2.51. The van der Waals surface area contributed by atoms with E-state index < -0.39 is 78.0 Å². The third kappa shape index (κ3) is 12.1. The Labute approximate surface area is 227 Å². The fourth-order valence-electron chi connectivity index (χ4n) is 3.69. The number of carbonyl (C=O) groups excluding carboxylic acids is 6. The van der Waals surface area contributed by atoms with Crippen molar-refractivity contribution in [1.82, 2.24) is 10.6 Å². The molecule has 1 aliphatic heterocycles. The van der Waals surface area contributed by atoms with Crippen molar-refractivity contribution in [2.45, 2.75) is 97.0 Å². The molecule has 1 rings (SSSR count). The maximum atomic E-state index is 12.3. The Hall–Kier alpha value is -3.68. The molecule has 14 nitrogen and oxygen atoms in total. The van der Waals surface area contributed by atoms with E-state index >= 15 is 0 Å². The third-order valence-corrected chi connectivity index (χ3v) is 5.03. The van der Waals surface area contributed by atoms with Crippen LogP contribution in [0.25, 0.3) is 0 Å². The number of esters is 4. The van der Waals surface area contributed by atoms with Gasteiger partial charge in [0.05, 0.1) is 13.2 Å². The van der Waals surface area contributed by atoms with Crippen LogP contribution >= 0.6 is 0 Å². The zero-order valence-electron chi connectivity index (χ0n) is 23.4.